The molecule has 0 unspecified atom stereocenters. The van der Waals surface area contributed by atoms with E-state index in [0.717, 1.165) is 49.9 Å². The standard InChI is InChI=1S/C36H21N5/c37-22-27-14-9-15-28(23-38)35(27)26-18-19-30-29-16-7-8-17-33(29)41(34(30)20-26)36-39-31(24-10-3-1-4-11-24)21-32(40-36)25-12-5-2-6-13-25/h1-21H. The van der Waals surface area contributed by atoms with Gasteiger partial charge in [0.2, 0.25) is 5.95 Å². The van der Waals surface area contributed by atoms with Gasteiger partial charge in [0, 0.05) is 27.5 Å². The Hall–Kier alpha value is -6.04. The second kappa shape index (κ2) is 9.93. The summed E-state index contributed by atoms with van der Waals surface area (Å²) in [7, 11) is 0. The Morgan fingerprint density at radius 2 is 1.05 bits per heavy atom. The summed E-state index contributed by atoms with van der Waals surface area (Å²) in [5.74, 6) is 0.544. The van der Waals surface area contributed by atoms with Gasteiger partial charge in [0.1, 0.15) is 0 Å². The highest BCUT2D eigenvalue weighted by molar-refractivity contribution is 6.10. The SMILES string of the molecule is N#Cc1cccc(C#N)c1-c1ccc2c3ccccc3n(-c3nc(-c4ccccc4)cc(-c4ccccc4)n3)c2c1. The Balaban J connectivity index is 1.56. The molecule has 2 aromatic heterocycles. The molecule has 0 saturated heterocycles. The number of rotatable bonds is 4. The molecule has 0 aliphatic rings. The van der Waals surface area contributed by atoms with Crippen molar-refractivity contribution in [2.45, 2.75) is 0 Å². The van der Waals surface area contributed by atoms with E-state index >= 15 is 0 Å². The summed E-state index contributed by atoms with van der Waals surface area (Å²) in [6, 6.07) is 46.2. The molecule has 5 nitrogen and oxygen atoms in total. The van der Waals surface area contributed by atoms with Crippen molar-refractivity contribution in [3.63, 3.8) is 0 Å². The molecule has 0 fully saturated rings. The van der Waals surface area contributed by atoms with Crippen LogP contribution in [0.3, 0.4) is 0 Å². The molecule has 0 radical (unpaired) electrons. The third-order valence-electron chi connectivity index (χ3n) is 7.32. The molecule has 7 aromatic rings. The number of aromatic nitrogens is 3. The Labute approximate surface area is 236 Å². The molecule has 0 aliphatic heterocycles. The van der Waals surface area contributed by atoms with Gasteiger partial charge in [-0.2, -0.15) is 10.5 Å². The lowest BCUT2D eigenvalue weighted by Gasteiger charge is -2.12. The van der Waals surface area contributed by atoms with Crippen molar-refractivity contribution >= 4 is 21.8 Å². The highest BCUT2D eigenvalue weighted by Crippen LogP contribution is 2.36. The van der Waals surface area contributed by atoms with Crippen molar-refractivity contribution in [3.05, 3.63) is 139 Å². The summed E-state index contributed by atoms with van der Waals surface area (Å²) in [4.78, 5) is 10.2. The number of nitrogens with zero attached hydrogens (tertiary/aromatic N) is 5. The number of benzene rings is 5. The van der Waals surface area contributed by atoms with Gasteiger partial charge in [0.15, 0.2) is 0 Å². The van der Waals surface area contributed by atoms with E-state index in [1.165, 1.54) is 0 Å². The Kier molecular flexibility index (Phi) is 5.82. The molecule has 0 spiro atoms. The van der Waals surface area contributed by atoms with Crippen LogP contribution in [-0.2, 0) is 0 Å². The Morgan fingerprint density at radius 3 is 1.66 bits per heavy atom. The van der Waals surface area contributed by atoms with Crippen LogP contribution in [0.1, 0.15) is 11.1 Å². The molecule has 41 heavy (non-hydrogen) atoms. The lowest BCUT2D eigenvalue weighted by molar-refractivity contribution is 0.996. The van der Waals surface area contributed by atoms with E-state index in [0.29, 0.717) is 22.6 Å². The highest BCUT2D eigenvalue weighted by atomic mass is 15.2. The van der Waals surface area contributed by atoms with E-state index in [-0.39, 0.29) is 0 Å². The molecule has 7 rings (SSSR count). The van der Waals surface area contributed by atoms with Crippen molar-refractivity contribution in [1.29, 1.82) is 10.5 Å². The van der Waals surface area contributed by atoms with Gasteiger partial charge in [-0.3, -0.25) is 4.57 Å². The maximum Gasteiger partial charge on any atom is 0.235 e. The zero-order valence-electron chi connectivity index (χ0n) is 21.9. The maximum absolute atomic E-state index is 9.85. The van der Waals surface area contributed by atoms with E-state index in [4.69, 9.17) is 9.97 Å². The minimum Gasteiger partial charge on any atom is -0.278 e. The molecular formula is C36H21N5. The Morgan fingerprint density at radius 1 is 0.488 bits per heavy atom. The minimum absolute atomic E-state index is 0.458. The van der Waals surface area contributed by atoms with Crippen LogP contribution in [-0.4, -0.2) is 14.5 Å². The third-order valence-corrected chi connectivity index (χ3v) is 7.32. The second-order valence-corrected chi connectivity index (χ2v) is 9.71. The molecule has 0 saturated carbocycles. The first-order chi connectivity index (χ1) is 20.2. The van der Waals surface area contributed by atoms with E-state index in [2.05, 4.69) is 34.9 Å². The first kappa shape index (κ1) is 24.0. The van der Waals surface area contributed by atoms with E-state index in [1.807, 2.05) is 91.0 Å². The van der Waals surface area contributed by atoms with Crippen LogP contribution in [0.5, 0.6) is 0 Å². The fraction of sp³-hybridized carbons (Fsp3) is 0. The molecular weight excluding hydrogens is 502 g/mol. The van der Waals surface area contributed by atoms with Crippen LogP contribution in [0.15, 0.2) is 127 Å². The number of nitriles is 2. The lowest BCUT2D eigenvalue weighted by atomic mass is 9.94. The predicted molar refractivity (Wildman–Crippen MR) is 162 cm³/mol. The van der Waals surface area contributed by atoms with E-state index in [9.17, 15) is 10.5 Å². The van der Waals surface area contributed by atoms with Crippen LogP contribution < -0.4 is 0 Å². The molecule has 5 aromatic carbocycles. The second-order valence-electron chi connectivity index (χ2n) is 9.71. The summed E-state index contributed by atoms with van der Waals surface area (Å²) in [5.41, 5.74) is 7.82. The van der Waals surface area contributed by atoms with Gasteiger partial charge in [-0.1, -0.05) is 97.1 Å². The summed E-state index contributed by atoms with van der Waals surface area (Å²) < 4.78 is 2.08. The van der Waals surface area contributed by atoms with Gasteiger partial charge >= 0.3 is 0 Å². The lowest BCUT2D eigenvalue weighted by Crippen LogP contribution is -2.04. The first-order valence-electron chi connectivity index (χ1n) is 13.2. The maximum atomic E-state index is 9.85. The average Bonchev–Trinajstić information content (AvgIpc) is 3.38. The Bertz CT molecular complexity index is 2070. The van der Waals surface area contributed by atoms with Gasteiger partial charge in [0.25, 0.3) is 0 Å². The molecule has 0 aliphatic carbocycles. The van der Waals surface area contributed by atoms with Crippen molar-refractivity contribution in [1.82, 2.24) is 14.5 Å². The fourth-order valence-electron chi connectivity index (χ4n) is 5.44. The molecule has 0 bridgehead atoms. The van der Waals surface area contributed by atoms with Gasteiger partial charge in [-0.15, -0.1) is 0 Å². The van der Waals surface area contributed by atoms with Crippen LogP contribution in [0.25, 0.3) is 61.4 Å². The van der Waals surface area contributed by atoms with Crippen molar-refractivity contribution in [2.75, 3.05) is 0 Å². The summed E-state index contributed by atoms with van der Waals surface area (Å²) in [5, 5.41) is 21.8. The molecule has 5 heteroatoms. The molecule has 0 amide bonds. The number of hydrogen-bond donors (Lipinski definition) is 0. The summed E-state index contributed by atoms with van der Waals surface area (Å²) in [6.45, 7) is 0. The molecule has 2 heterocycles. The quantitative estimate of drug-likeness (QED) is 0.232. The predicted octanol–water partition coefficient (Wildman–Crippen LogP) is 8.32. The number of hydrogen-bond acceptors (Lipinski definition) is 4. The zero-order valence-corrected chi connectivity index (χ0v) is 21.9. The zero-order chi connectivity index (χ0) is 27.8. The normalized spacial score (nSPS) is 10.9. The molecule has 190 valence electrons. The third kappa shape index (κ3) is 4.10. The fourth-order valence-corrected chi connectivity index (χ4v) is 5.44. The van der Waals surface area contributed by atoms with Gasteiger partial charge in [-0.05, 0) is 35.9 Å². The van der Waals surface area contributed by atoms with Crippen LogP contribution in [0.4, 0.5) is 0 Å². The van der Waals surface area contributed by atoms with Crippen molar-refractivity contribution < 1.29 is 0 Å². The van der Waals surface area contributed by atoms with Gasteiger partial charge in [0.05, 0.1) is 45.7 Å². The minimum atomic E-state index is 0.458. The van der Waals surface area contributed by atoms with E-state index in [1.54, 1.807) is 18.2 Å². The highest BCUT2D eigenvalue weighted by Gasteiger charge is 2.19. The van der Waals surface area contributed by atoms with Crippen LogP contribution in [0, 0.1) is 22.7 Å². The van der Waals surface area contributed by atoms with Gasteiger partial charge < -0.3 is 0 Å². The topological polar surface area (TPSA) is 78.3 Å². The van der Waals surface area contributed by atoms with Crippen molar-refractivity contribution in [2.24, 2.45) is 0 Å². The van der Waals surface area contributed by atoms with Crippen LogP contribution >= 0.6 is 0 Å². The number of fused-ring (bicyclic) bond motifs is 3. The van der Waals surface area contributed by atoms with Crippen LogP contribution in [0.2, 0.25) is 0 Å². The molecule has 0 N–H and O–H groups in total. The molecule has 0 atom stereocenters. The monoisotopic (exact) mass is 523 g/mol. The average molecular weight is 524 g/mol. The van der Waals surface area contributed by atoms with Gasteiger partial charge in [-0.25, -0.2) is 9.97 Å². The summed E-state index contributed by atoms with van der Waals surface area (Å²) >= 11 is 0. The van der Waals surface area contributed by atoms with Crippen molar-refractivity contribution in [3.8, 4) is 51.7 Å². The largest absolute Gasteiger partial charge is 0.278 e. The summed E-state index contributed by atoms with van der Waals surface area (Å²) in [6.07, 6.45) is 0. The van der Waals surface area contributed by atoms with E-state index < -0.39 is 0 Å². The first-order valence-corrected chi connectivity index (χ1v) is 13.2. The smallest absolute Gasteiger partial charge is 0.235 e. The number of para-hydroxylation sites is 1.